The molecule has 3 aromatic rings. The van der Waals surface area contributed by atoms with Crippen LogP contribution in [-0.2, 0) is 26.5 Å². The van der Waals surface area contributed by atoms with Gasteiger partial charge in [0.1, 0.15) is 21.0 Å². The van der Waals surface area contributed by atoms with Crippen molar-refractivity contribution in [3.63, 3.8) is 0 Å². The van der Waals surface area contributed by atoms with Crippen molar-refractivity contribution in [3.8, 4) is 5.75 Å². The Hall–Kier alpha value is -1.89. The fourth-order valence-electron chi connectivity index (χ4n) is 2.91. The highest BCUT2D eigenvalue weighted by Gasteiger charge is 2.40. The number of fused-ring (bicyclic) bond motifs is 2. The average molecular weight is 474 g/mol. The molecule has 0 bridgehead atoms. The van der Waals surface area contributed by atoms with Gasteiger partial charge in [0.25, 0.3) is 0 Å². The minimum absolute atomic E-state index is 0.341. The summed E-state index contributed by atoms with van der Waals surface area (Å²) in [4.78, 5) is 17.0. The van der Waals surface area contributed by atoms with Crippen molar-refractivity contribution in [2.45, 2.75) is 42.6 Å². The highest BCUT2D eigenvalue weighted by atomic mass is 79.9. The highest BCUT2D eigenvalue weighted by molar-refractivity contribution is 9.10. The van der Waals surface area contributed by atoms with Crippen molar-refractivity contribution < 1.29 is 13.7 Å². The van der Waals surface area contributed by atoms with Gasteiger partial charge in [-0.2, -0.15) is 0 Å². The van der Waals surface area contributed by atoms with E-state index in [4.69, 9.17) is 4.74 Å². The standard InChI is InChI=1S/C22H18BrO3S2/c1-22(2,23)21(24)26-15-11-13-16(14-12-15)27-17-7-3-5-9-19(17)28(25)20-10-6-4-8-18(20)27/h3-14H,1-2H3/q+1. The molecule has 0 radical (unpaired) electrons. The molecule has 28 heavy (non-hydrogen) atoms. The van der Waals surface area contributed by atoms with E-state index in [1.54, 1.807) is 13.8 Å². The molecule has 3 nitrogen and oxygen atoms in total. The first-order chi connectivity index (χ1) is 13.4. The Morgan fingerprint density at radius 3 is 1.89 bits per heavy atom. The maximum Gasteiger partial charge on any atom is 0.327 e. The second kappa shape index (κ2) is 7.50. The van der Waals surface area contributed by atoms with Crippen LogP contribution < -0.4 is 4.74 Å². The third kappa shape index (κ3) is 3.56. The number of hydrogen-bond donors (Lipinski definition) is 0. The Bertz CT molecular complexity index is 1020. The number of rotatable bonds is 3. The Kier molecular flexibility index (Phi) is 5.21. The van der Waals surface area contributed by atoms with E-state index in [0.29, 0.717) is 5.75 Å². The third-order valence-corrected chi connectivity index (χ3v) is 8.72. The molecule has 1 aliphatic heterocycles. The Balaban J connectivity index is 1.75. The molecule has 0 fully saturated rings. The zero-order valence-electron chi connectivity index (χ0n) is 15.3. The van der Waals surface area contributed by atoms with Gasteiger partial charge < -0.3 is 4.74 Å². The van der Waals surface area contributed by atoms with Gasteiger partial charge in [0.05, 0.1) is 20.6 Å². The summed E-state index contributed by atoms with van der Waals surface area (Å²) in [7, 11) is -1.53. The quantitative estimate of drug-likeness (QED) is 0.174. The summed E-state index contributed by atoms with van der Waals surface area (Å²) >= 11 is 3.32. The predicted molar refractivity (Wildman–Crippen MR) is 115 cm³/mol. The van der Waals surface area contributed by atoms with E-state index in [1.807, 2.05) is 72.8 Å². The van der Waals surface area contributed by atoms with Crippen LogP contribution in [0.25, 0.3) is 0 Å². The molecule has 1 aliphatic rings. The topological polar surface area (TPSA) is 43.4 Å². The summed E-state index contributed by atoms with van der Waals surface area (Å²) in [5.74, 6) is 0.165. The van der Waals surface area contributed by atoms with Gasteiger partial charge in [0.2, 0.25) is 0 Å². The van der Waals surface area contributed by atoms with Gasteiger partial charge in [-0.15, -0.1) is 0 Å². The van der Waals surface area contributed by atoms with E-state index < -0.39 is 15.1 Å². The Morgan fingerprint density at radius 1 is 0.893 bits per heavy atom. The molecule has 0 saturated heterocycles. The third-order valence-electron chi connectivity index (χ3n) is 4.29. The van der Waals surface area contributed by atoms with Crippen LogP contribution in [0.5, 0.6) is 5.75 Å². The molecule has 4 rings (SSSR count). The number of esters is 1. The zero-order valence-corrected chi connectivity index (χ0v) is 18.6. The van der Waals surface area contributed by atoms with Gasteiger partial charge >= 0.3 is 5.97 Å². The van der Waals surface area contributed by atoms with Crippen molar-refractivity contribution in [1.82, 2.24) is 0 Å². The molecule has 0 amide bonds. The molecule has 6 heteroatoms. The first kappa shape index (κ1) is 19.4. The summed E-state index contributed by atoms with van der Waals surface area (Å²) in [5.41, 5.74) is 0. The van der Waals surface area contributed by atoms with E-state index >= 15 is 0 Å². The molecule has 0 N–H and O–H groups in total. The van der Waals surface area contributed by atoms with E-state index in [-0.39, 0.29) is 16.9 Å². The summed E-state index contributed by atoms with van der Waals surface area (Å²) in [6.07, 6.45) is 0. The first-order valence-corrected chi connectivity index (χ1v) is 11.9. The minimum Gasteiger partial charge on any atom is -0.426 e. The van der Waals surface area contributed by atoms with Crippen molar-refractivity contribution in [2.75, 3.05) is 0 Å². The molecule has 0 saturated carbocycles. The van der Waals surface area contributed by atoms with E-state index in [2.05, 4.69) is 15.9 Å². The normalized spacial score (nSPS) is 18.1. The number of ether oxygens (including phenoxy) is 1. The second-order valence-corrected chi connectivity index (χ2v) is 12.2. The molecule has 0 atom stereocenters. The maximum atomic E-state index is 13.0. The lowest BCUT2D eigenvalue weighted by Crippen LogP contribution is -2.29. The van der Waals surface area contributed by atoms with Crippen LogP contribution in [0.2, 0.25) is 0 Å². The van der Waals surface area contributed by atoms with Crippen LogP contribution in [-0.4, -0.2) is 14.5 Å². The molecule has 3 aromatic carbocycles. The van der Waals surface area contributed by atoms with Gasteiger partial charge in [-0.1, -0.05) is 40.2 Å². The van der Waals surface area contributed by atoms with E-state index in [1.165, 1.54) is 0 Å². The van der Waals surface area contributed by atoms with Crippen molar-refractivity contribution >= 4 is 43.6 Å². The highest BCUT2D eigenvalue weighted by Crippen LogP contribution is 2.43. The summed E-state index contributed by atoms with van der Waals surface area (Å²) in [5, 5.41) is 0. The van der Waals surface area contributed by atoms with Crippen LogP contribution in [0.3, 0.4) is 0 Å². The van der Waals surface area contributed by atoms with Gasteiger partial charge in [-0.3, -0.25) is 4.79 Å². The lowest BCUT2D eigenvalue weighted by atomic mass is 10.2. The number of hydrogen-bond acceptors (Lipinski definition) is 3. The van der Waals surface area contributed by atoms with Crippen LogP contribution in [0.15, 0.2) is 97.3 Å². The van der Waals surface area contributed by atoms with Crippen molar-refractivity contribution in [3.05, 3.63) is 72.8 Å². The maximum absolute atomic E-state index is 13.0. The van der Waals surface area contributed by atoms with Crippen LogP contribution in [0.1, 0.15) is 13.8 Å². The number of halogens is 1. The number of benzene rings is 3. The molecule has 0 spiro atoms. The lowest BCUT2D eigenvalue weighted by molar-refractivity contribution is -0.136. The largest absolute Gasteiger partial charge is 0.426 e. The average Bonchev–Trinajstić information content (AvgIpc) is 2.69. The molecule has 1 heterocycles. The van der Waals surface area contributed by atoms with E-state index in [9.17, 15) is 9.00 Å². The summed E-state index contributed by atoms with van der Waals surface area (Å²) < 4.78 is 17.7. The number of alkyl halides is 1. The molecular formula is C22H18BrO3S2+. The molecule has 142 valence electrons. The molecule has 0 aliphatic carbocycles. The lowest BCUT2D eigenvalue weighted by Gasteiger charge is -2.19. The SMILES string of the molecule is CC(C)(Br)C(=O)Oc1ccc([S+]2c3ccccc3S(=O)c3ccccc32)cc1. The van der Waals surface area contributed by atoms with Crippen LogP contribution in [0, 0.1) is 0 Å². The fraction of sp³-hybridized carbons (Fsp3) is 0.136. The number of carbonyl (C=O) groups excluding carboxylic acids is 1. The molecular weight excluding hydrogens is 456 g/mol. The van der Waals surface area contributed by atoms with Crippen molar-refractivity contribution in [2.24, 2.45) is 0 Å². The molecule has 0 unspecified atom stereocenters. The summed E-state index contributed by atoms with van der Waals surface area (Å²) in [6, 6.07) is 23.4. The van der Waals surface area contributed by atoms with E-state index in [0.717, 1.165) is 24.5 Å². The fourth-order valence-corrected chi connectivity index (χ4v) is 7.21. The van der Waals surface area contributed by atoms with Crippen LogP contribution in [0.4, 0.5) is 0 Å². The van der Waals surface area contributed by atoms with Gasteiger partial charge in [0, 0.05) is 0 Å². The number of carbonyl (C=O) groups is 1. The van der Waals surface area contributed by atoms with Crippen LogP contribution >= 0.6 is 15.9 Å². The Morgan fingerprint density at radius 2 is 1.39 bits per heavy atom. The monoisotopic (exact) mass is 473 g/mol. The van der Waals surface area contributed by atoms with Gasteiger partial charge in [0.15, 0.2) is 14.7 Å². The minimum atomic E-state index is -1.17. The summed E-state index contributed by atoms with van der Waals surface area (Å²) in [6.45, 7) is 3.50. The second-order valence-electron chi connectivity index (χ2n) is 6.80. The zero-order chi connectivity index (χ0) is 19.9. The first-order valence-electron chi connectivity index (χ1n) is 8.71. The molecule has 0 aromatic heterocycles. The Labute approximate surface area is 178 Å². The van der Waals surface area contributed by atoms with Gasteiger partial charge in [-0.25, -0.2) is 4.21 Å². The predicted octanol–water partition coefficient (Wildman–Crippen LogP) is 5.34. The van der Waals surface area contributed by atoms with Gasteiger partial charge in [-0.05, 0) is 62.4 Å². The smallest absolute Gasteiger partial charge is 0.327 e. The van der Waals surface area contributed by atoms with Crippen molar-refractivity contribution in [1.29, 1.82) is 0 Å².